The number of methoxy groups -OCH3 is 1. The van der Waals surface area contributed by atoms with Gasteiger partial charge in [-0.3, -0.25) is 4.90 Å². The minimum atomic E-state index is -0.519. The molecule has 1 N–H and O–H groups in total. The normalized spacial score (nSPS) is 15.5. The van der Waals surface area contributed by atoms with Gasteiger partial charge >= 0.3 is 12.1 Å². The van der Waals surface area contributed by atoms with E-state index >= 15 is 0 Å². The SMILES string of the molecule is COC(=O)c1ccc(CN2CC(NC(=O)OC(C)(C)C)C2)c(Cl)n1. The maximum Gasteiger partial charge on any atom is 0.407 e. The first-order chi connectivity index (χ1) is 11.2. The average molecular weight is 356 g/mol. The molecule has 132 valence electrons. The third-order valence-corrected chi connectivity index (χ3v) is 3.72. The Hall–Kier alpha value is -1.86. The summed E-state index contributed by atoms with van der Waals surface area (Å²) in [4.78, 5) is 29.2. The highest BCUT2D eigenvalue weighted by Crippen LogP contribution is 2.20. The van der Waals surface area contributed by atoms with E-state index in [1.807, 2.05) is 20.8 Å². The number of amides is 1. The predicted octanol–water partition coefficient (Wildman–Crippen LogP) is 2.23. The summed E-state index contributed by atoms with van der Waals surface area (Å²) < 4.78 is 9.83. The second kappa shape index (κ2) is 7.36. The molecule has 0 aromatic carbocycles. The number of rotatable bonds is 4. The van der Waals surface area contributed by atoms with E-state index in [9.17, 15) is 9.59 Å². The van der Waals surface area contributed by atoms with Crippen LogP contribution in [0.5, 0.6) is 0 Å². The van der Waals surface area contributed by atoms with Crippen molar-refractivity contribution in [2.45, 2.75) is 39.0 Å². The average Bonchev–Trinajstić information content (AvgIpc) is 2.43. The first kappa shape index (κ1) is 18.5. The standard InChI is InChI=1S/C16H22ClN3O4/c1-16(2,3)24-15(22)18-11-8-20(9-11)7-10-5-6-12(14(21)23-4)19-13(10)17/h5-6,11H,7-9H2,1-4H3,(H,18,22). The lowest BCUT2D eigenvalue weighted by molar-refractivity contribution is 0.0392. The van der Waals surface area contributed by atoms with Crippen LogP contribution in [0, 0.1) is 0 Å². The van der Waals surface area contributed by atoms with Crippen LogP contribution in [0.25, 0.3) is 0 Å². The van der Waals surface area contributed by atoms with Gasteiger partial charge in [-0.2, -0.15) is 0 Å². The van der Waals surface area contributed by atoms with Crippen molar-refractivity contribution in [2.75, 3.05) is 20.2 Å². The summed E-state index contributed by atoms with van der Waals surface area (Å²) in [6.07, 6.45) is -0.408. The van der Waals surface area contributed by atoms with Gasteiger partial charge < -0.3 is 14.8 Å². The van der Waals surface area contributed by atoms with Crippen LogP contribution in [0.2, 0.25) is 5.15 Å². The smallest absolute Gasteiger partial charge is 0.407 e. The molecule has 1 aromatic rings. The number of likely N-dealkylation sites (tertiary alicyclic amines) is 1. The van der Waals surface area contributed by atoms with Gasteiger partial charge in [-0.15, -0.1) is 0 Å². The van der Waals surface area contributed by atoms with Crippen LogP contribution in [0.1, 0.15) is 36.8 Å². The molecule has 0 bridgehead atoms. The maximum atomic E-state index is 11.7. The molecule has 0 atom stereocenters. The number of nitrogens with one attached hydrogen (secondary N) is 1. The summed E-state index contributed by atoms with van der Waals surface area (Å²) in [7, 11) is 1.30. The second-order valence-electron chi connectivity index (χ2n) is 6.68. The molecule has 24 heavy (non-hydrogen) atoms. The van der Waals surface area contributed by atoms with Crippen LogP contribution >= 0.6 is 11.6 Å². The Balaban J connectivity index is 1.81. The Morgan fingerprint density at radius 3 is 2.58 bits per heavy atom. The minimum absolute atomic E-state index is 0.0564. The highest BCUT2D eigenvalue weighted by Gasteiger charge is 2.30. The summed E-state index contributed by atoms with van der Waals surface area (Å²) in [5.74, 6) is -0.519. The van der Waals surface area contributed by atoms with Crippen LogP contribution in [0.4, 0.5) is 4.79 Å². The van der Waals surface area contributed by atoms with Crippen LogP contribution < -0.4 is 5.32 Å². The van der Waals surface area contributed by atoms with Crippen molar-refractivity contribution < 1.29 is 19.1 Å². The van der Waals surface area contributed by atoms with E-state index in [2.05, 4.69) is 19.9 Å². The van der Waals surface area contributed by atoms with Gasteiger partial charge in [0.05, 0.1) is 13.2 Å². The Labute approximate surface area is 146 Å². The van der Waals surface area contributed by atoms with Gasteiger partial charge in [-0.25, -0.2) is 14.6 Å². The topological polar surface area (TPSA) is 80.8 Å². The van der Waals surface area contributed by atoms with Crippen molar-refractivity contribution in [2.24, 2.45) is 0 Å². The van der Waals surface area contributed by atoms with E-state index in [0.29, 0.717) is 19.6 Å². The van der Waals surface area contributed by atoms with Crippen molar-refractivity contribution in [3.63, 3.8) is 0 Å². The number of pyridine rings is 1. The quantitative estimate of drug-likeness (QED) is 0.659. The first-order valence-corrected chi connectivity index (χ1v) is 8.01. The zero-order valence-corrected chi connectivity index (χ0v) is 15.0. The number of carbonyl (C=O) groups is 2. The number of esters is 1. The summed E-state index contributed by atoms with van der Waals surface area (Å²) >= 11 is 6.11. The molecule has 1 aliphatic rings. The fourth-order valence-electron chi connectivity index (χ4n) is 2.30. The molecule has 8 heteroatoms. The first-order valence-electron chi connectivity index (χ1n) is 7.63. The van der Waals surface area contributed by atoms with Gasteiger partial charge in [0, 0.05) is 25.2 Å². The molecule has 1 amide bonds. The third kappa shape index (κ3) is 5.07. The van der Waals surface area contributed by atoms with E-state index in [-0.39, 0.29) is 16.9 Å². The van der Waals surface area contributed by atoms with E-state index in [1.165, 1.54) is 7.11 Å². The van der Waals surface area contributed by atoms with E-state index < -0.39 is 17.7 Å². The van der Waals surface area contributed by atoms with Crippen molar-refractivity contribution in [3.8, 4) is 0 Å². The number of halogens is 1. The lowest BCUT2D eigenvalue weighted by Gasteiger charge is -2.39. The van der Waals surface area contributed by atoms with Gasteiger partial charge in [-0.1, -0.05) is 17.7 Å². The third-order valence-electron chi connectivity index (χ3n) is 3.39. The van der Waals surface area contributed by atoms with Crippen molar-refractivity contribution in [1.82, 2.24) is 15.2 Å². The molecule has 1 aromatic heterocycles. The van der Waals surface area contributed by atoms with Crippen molar-refractivity contribution >= 4 is 23.7 Å². The van der Waals surface area contributed by atoms with Crippen molar-refractivity contribution in [3.05, 3.63) is 28.5 Å². The fourth-order valence-corrected chi connectivity index (χ4v) is 2.52. The monoisotopic (exact) mass is 355 g/mol. The molecule has 0 unspecified atom stereocenters. The molecule has 1 aliphatic heterocycles. The van der Waals surface area contributed by atoms with Crippen LogP contribution in [0.3, 0.4) is 0 Å². The molecule has 2 rings (SSSR count). The molecule has 0 spiro atoms. The number of hydrogen-bond acceptors (Lipinski definition) is 6. The molecule has 2 heterocycles. The van der Waals surface area contributed by atoms with Gasteiger partial charge in [0.1, 0.15) is 16.4 Å². The van der Waals surface area contributed by atoms with Gasteiger partial charge in [-0.05, 0) is 26.8 Å². The Kier molecular flexibility index (Phi) is 5.66. The maximum absolute atomic E-state index is 11.7. The molecular formula is C16H22ClN3O4. The van der Waals surface area contributed by atoms with Gasteiger partial charge in [0.15, 0.2) is 0 Å². The van der Waals surface area contributed by atoms with Crippen LogP contribution in [0.15, 0.2) is 12.1 Å². The highest BCUT2D eigenvalue weighted by atomic mass is 35.5. The van der Waals surface area contributed by atoms with E-state index in [0.717, 1.165) is 5.56 Å². The molecule has 7 nitrogen and oxygen atoms in total. The van der Waals surface area contributed by atoms with Crippen molar-refractivity contribution in [1.29, 1.82) is 0 Å². The molecular weight excluding hydrogens is 334 g/mol. The largest absolute Gasteiger partial charge is 0.464 e. The van der Waals surface area contributed by atoms with Gasteiger partial charge in [0.25, 0.3) is 0 Å². The number of carbonyl (C=O) groups excluding carboxylic acids is 2. The van der Waals surface area contributed by atoms with Gasteiger partial charge in [0.2, 0.25) is 0 Å². The number of aromatic nitrogens is 1. The van der Waals surface area contributed by atoms with E-state index in [1.54, 1.807) is 12.1 Å². The zero-order valence-electron chi connectivity index (χ0n) is 14.3. The summed E-state index contributed by atoms with van der Waals surface area (Å²) in [6.45, 7) is 7.48. The summed E-state index contributed by atoms with van der Waals surface area (Å²) in [5, 5.41) is 3.10. The zero-order chi connectivity index (χ0) is 17.9. The lowest BCUT2D eigenvalue weighted by atomic mass is 10.1. The Morgan fingerprint density at radius 1 is 1.38 bits per heavy atom. The molecule has 1 saturated heterocycles. The summed E-state index contributed by atoms with van der Waals surface area (Å²) in [6, 6.07) is 3.40. The van der Waals surface area contributed by atoms with Crippen LogP contribution in [-0.2, 0) is 16.0 Å². The van der Waals surface area contributed by atoms with E-state index in [4.69, 9.17) is 16.3 Å². The highest BCUT2D eigenvalue weighted by molar-refractivity contribution is 6.30. The number of alkyl carbamates (subject to hydrolysis) is 1. The predicted molar refractivity (Wildman–Crippen MR) is 89.0 cm³/mol. The Morgan fingerprint density at radius 2 is 2.04 bits per heavy atom. The number of ether oxygens (including phenoxy) is 2. The Bertz CT molecular complexity index is 624. The second-order valence-corrected chi connectivity index (χ2v) is 7.03. The number of hydrogen-bond donors (Lipinski definition) is 1. The molecule has 0 radical (unpaired) electrons. The molecule has 1 fully saturated rings. The molecule has 0 aliphatic carbocycles. The lowest BCUT2D eigenvalue weighted by Crippen LogP contribution is -2.59. The fraction of sp³-hybridized carbons (Fsp3) is 0.562. The van der Waals surface area contributed by atoms with Crippen LogP contribution in [-0.4, -0.2) is 53.8 Å². The molecule has 0 saturated carbocycles. The number of nitrogens with zero attached hydrogens (tertiary/aromatic N) is 2. The minimum Gasteiger partial charge on any atom is -0.464 e. The summed E-state index contributed by atoms with van der Waals surface area (Å²) in [5.41, 5.74) is 0.494.